The van der Waals surface area contributed by atoms with Crippen LogP contribution in [0.5, 0.6) is 0 Å². The minimum Gasteiger partial charge on any atom is -0.343 e. The molecule has 2 amide bonds. The van der Waals surface area contributed by atoms with Crippen molar-refractivity contribution in [3.05, 3.63) is 74.4 Å². The second-order valence-corrected chi connectivity index (χ2v) is 7.31. The fourth-order valence-electron chi connectivity index (χ4n) is 2.11. The number of amides is 2. The number of hydrogen-bond acceptors (Lipinski definition) is 5. The number of anilines is 1. The molecular weight excluding hydrogens is 375 g/mol. The van der Waals surface area contributed by atoms with Crippen LogP contribution in [0.2, 0.25) is 0 Å². The molecule has 3 rings (SSSR count). The van der Waals surface area contributed by atoms with E-state index in [9.17, 15) is 18.8 Å². The highest BCUT2D eigenvalue weighted by Crippen LogP contribution is 2.22. The van der Waals surface area contributed by atoms with E-state index in [-0.39, 0.29) is 18.0 Å². The summed E-state index contributed by atoms with van der Waals surface area (Å²) in [7, 11) is 0. The summed E-state index contributed by atoms with van der Waals surface area (Å²) in [5.74, 6) is -2.53. The second kappa shape index (κ2) is 8.03. The van der Waals surface area contributed by atoms with Crippen LogP contribution in [0, 0.1) is 5.82 Å². The van der Waals surface area contributed by atoms with E-state index >= 15 is 0 Å². The van der Waals surface area contributed by atoms with Crippen LogP contribution in [0.1, 0.15) is 19.4 Å². The summed E-state index contributed by atoms with van der Waals surface area (Å²) < 4.78 is 13.5. The molecule has 26 heavy (non-hydrogen) atoms. The number of rotatable bonds is 5. The standard InChI is InChI=1S/C18H13FN2O3S2/c19-12-4-1-2-5-13(12)21-18(24)17(23)20-10-11-7-8-15(26-11)16(22)14-6-3-9-25-14/h1-9H,10H2,(H,20,23)(H,21,24). The SMILES string of the molecule is O=C(NCc1ccc(C(=O)c2cccs2)s1)C(=O)Nc1ccccc1F. The normalized spacial score (nSPS) is 10.3. The highest BCUT2D eigenvalue weighted by Gasteiger charge is 2.17. The minimum absolute atomic E-state index is 0.0624. The Labute approximate surface area is 156 Å². The number of carbonyl (C=O) groups excluding carboxylic acids is 3. The predicted molar refractivity (Wildman–Crippen MR) is 98.9 cm³/mol. The third kappa shape index (κ3) is 4.22. The molecule has 0 fully saturated rings. The lowest BCUT2D eigenvalue weighted by molar-refractivity contribution is -0.136. The zero-order valence-electron chi connectivity index (χ0n) is 13.3. The minimum atomic E-state index is -0.957. The number of benzene rings is 1. The van der Waals surface area contributed by atoms with Crippen molar-refractivity contribution in [2.75, 3.05) is 5.32 Å². The Hall–Kier alpha value is -2.84. The van der Waals surface area contributed by atoms with Gasteiger partial charge in [-0.15, -0.1) is 22.7 Å². The number of carbonyl (C=O) groups is 3. The van der Waals surface area contributed by atoms with Crippen LogP contribution in [0.25, 0.3) is 0 Å². The summed E-state index contributed by atoms with van der Waals surface area (Å²) in [5, 5.41) is 6.50. The van der Waals surface area contributed by atoms with Gasteiger partial charge in [-0.05, 0) is 35.7 Å². The molecule has 0 atom stereocenters. The van der Waals surface area contributed by atoms with Gasteiger partial charge in [0.2, 0.25) is 5.78 Å². The highest BCUT2D eigenvalue weighted by atomic mass is 32.1. The van der Waals surface area contributed by atoms with Crippen molar-refractivity contribution in [3.8, 4) is 0 Å². The molecule has 2 heterocycles. The van der Waals surface area contributed by atoms with Crippen molar-refractivity contribution >= 4 is 46.0 Å². The molecule has 0 saturated carbocycles. The number of nitrogens with one attached hydrogen (secondary N) is 2. The van der Waals surface area contributed by atoms with Crippen molar-refractivity contribution in [1.82, 2.24) is 5.32 Å². The van der Waals surface area contributed by atoms with Crippen LogP contribution in [0.4, 0.5) is 10.1 Å². The van der Waals surface area contributed by atoms with Gasteiger partial charge in [-0.25, -0.2) is 4.39 Å². The number of thiophene rings is 2. The number of hydrogen-bond donors (Lipinski definition) is 2. The van der Waals surface area contributed by atoms with E-state index in [0.29, 0.717) is 9.75 Å². The Kier molecular flexibility index (Phi) is 5.55. The molecule has 0 aliphatic rings. The van der Waals surface area contributed by atoms with Crippen molar-refractivity contribution in [1.29, 1.82) is 0 Å². The van der Waals surface area contributed by atoms with Gasteiger partial charge in [0.1, 0.15) is 5.82 Å². The molecule has 8 heteroatoms. The third-order valence-corrected chi connectivity index (χ3v) is 5.33. The van der Waals surface area contributed by atoms with E-state index in [1.807, 2.05) is 5.38 Å². The lowest BCUT2D eigenvalue weighted by Gasteiger charge is -2.06. The van der Waals surface area contributed by atoms with Crippen LogP contribution < -0.4 is 10.6 Å². The van der Waals surface area contributed by atoms with Crippen LogP contribution in [0.15, 0.2) is 53.9 Å². The van der Waals surface area contributed by atoms with Gasteiger partial charge in [-0.2, -0.15) is 0 Å². The van der Waals surface area contributed by atoms with Gasteiger partial charge in [0.15, 0.2) is 0 Å². The summed E-state index contributed by atoms with van der Waals surface area (Å²) in [6, 6.07) is 12.6. The summed E-state index contributed by atoms with van der Waals surface area (Å²) in [5.41, 5.74) is -0.0624. The topological polar surface area (TPSA) is 75.3 Å². The first-order valence-electron chi connectivity index (χ1n) is 7.55. The van der Waals surface area contributed by atoms with Crippen LogP contribution in [-0.2, 0) is 16.1 Å². The van der Waals surface area contributed by atoms with E-state index < -0.39 is 17.6 Å². The zero-order valence-corrected chi connectivity index (χ0v) is 15.0. The van der Waals surface area contributed by atoms with Crippen LogP contribution in [-0.4, -0.2) is 17.6 Å². The van der Waals surface area contributed by atoms with Crippen molar-refractivity contribution < 1.29 is 18.8 Å². The van der Waals surface area contributed by atoms with Gasteiger partial charge in [0.05, 0.1) is 22.0 Å². The Balaban J connectivity index is 1.55. The molecule has 0 saturated heterocycles. The molecular formula is C18H13FN2O3S2. The smallest absolute Gasteiger partial charge is 0.313 e. The van der Waals surface area contributed by atoms with Gasteiger partial charge in [-0.1, -0.05) is 18.2 Å². The maximum atomic E-state index is 13.5. The number of para-hydroxylation sites is 1. The van der Waals surface area contributed by atoms with E-state index in [4.69, 9.17) is 0 Å². The maximum Gasteiger partial charge on any atom is 0.313 e. The average molecular weight is 388 g/mol. The van der Waals surface area contributed by atoms with Crippen molar-refractivity contribution in [2.45, 2.75) is 6.54 Å². The molecule has 0 bridgehead atoms. The van der Waals surface area contributed by atoms with E-state index in [1.54, 1.807) is 30.3 Å². The molecule has 3 aromatic rings. The lowest BCUT2D eigenvalue weighted by Crippen LogP contribution is -2.35. The summed E-state index contributed by atoms with van der Waals surface area (Å²) in [4.78, 5) is 37.8. The lowest BCUT2D eigenvalue weighted by atomic mass is 10.3. The predicted octanol–water partition coefficient (Wildman–Crippen LogP) is 3.43. The molecule has 0 unspecified atom stereocenters. The quantitative estimate of drug-likeness (QED) is 0.519. The monoisotopic (exact) mass is 388 g/mol. The first-order chi connectivity index (χ1) is 12.5. The molecule has 0 aliphatic heterocycles. The molecule has 2 aromatic heterocycles. The largest absolute Gasteiger partial charge is 0.343 e. The molecule has 2 N–H and O–H groups in total. The molecule has 0 radical (unpaired) electrons. The molecule has 1 aromatic carbocycles. The highest BCUT2D eigenvalue weighted by molar-refractivity contribution is 7.16. The summed E-state index contributed by atoms with van der Waals surface area (Å²) in [6.45, 7) is 0.103. The maximum absolute atomic E-state index is 13.5. The third-order valence-electron chi connectivity index (χ3n) is 3.38. The van der Waals surface area contributed by atoms with Gasteiger partial charge >= 0.3 is 11.8 Å². The molecule has 132 valence electrons. The zero-order chi connectivity index (χ0) is 18.5. The Morgan fingerprint density at radius 1 is 0.923 bits per heavy atom. The second-order valence-electron chi connectivity index (χ2n) is 5.19. The first-order valence-corrected chi connectivity index (χ1v) is 9.25. The summed E-state index contributed by atoms with van der Waals surface area (Å²) >= 11 is 2.61. The number of ketones is 1. The van der Waals surface area contributed by atoms with E-state index in [0.717, 1.165) is 4.88 Å². The Bertz CT molecular complexity index is 951. The van der Waals surface area contributed by atoms with Crippen LogP contribution in [0.3, 0.4) is 0 Å². The summed E-state index contributed by atoms with van der Waals surface area (Å²) in [6.07, 6.45) is 0. The van der Waals surface area contributed by atoms with Crippen molar-refractivity contribution in [3.63, 3.8) is 0 Å². The Morgan fingerprint density at radius 2 is 1.73 bits per heavy atom. The molecule has 0 aliphatic carbocycles. The van der Waals surface area contributed by atoms with Crippen molar-refractivity contribution in [2.24, 2.45) is 0 Å². The first kappa shape index (κ1) is 18.0. The van der Waals surface area contributed by atoms with Gasteiger partial charge < -0.3 is 10.6 Å². The fourth-order valence-corrected chi connectivity index (χ4v) is 3.76. The Morgan fingerprint density at radius 3 is 2.46 bits per heavy atom. The van der Waals surface area contributed by atoms with E-state index in [1.165, 1.54) is 40.9 Å². The molecule has 0 spiro atoms. The fraction of sp³-hybridized carbons (Fsp3) is 0.0556. The van der Waals surface area contributed by atoms with Gasteiger partial charge in [0.25, 0.3) is 0 Å². The van der Waals surface area contributed by atoms with Crippen LogP contribution >= 0.6 is 22.7 Å². The van der Waals surface area contributed by atoms with Gasteiger partial charge in [0, 0.05) is 4.88 Å². The molecule has 5 nitrogen and oxygen atoms in total. The number of halogens is 1. The average Bonchev–Trinajstić information content (AvgIpc) is 3.33. The van der Waals surface area contributed by atoms with Gasteiger partial charge in [-0.3, -0.25) is 14.4 Å². The van der Waals surface area contributed by atoms with E-state index in [2.05, 4.69) is 10.6 Å².